The largest absolute Gasteiger partial charge is 0.497 e. The summed E-state index contributed by atoms with van der Waals surface area (Å²) in [6.45, 7) is 0. The number of ketones is 1. The first-order valence-electron chi connectivity index (χ1n) is 6.85. The van der Waals surface area contributed by atoms with E-state index in [0.717, 1.165) is 5.52 Å². The van der Waals surface area contributed by atoms with Crippen LogP contribution in [-0.2, 0) is 4.79 Å². The van der Waals surface area contributed by atoms with Gasteiger partial charge in [-0.1, -0.05) is 17.7 Å². The third-order valence-corrected chi connectivity index (χ3v) is 3.66. The van der Waals surface area contributed by atoms with Crippen molar-refractivity contribution in [1.29, 1.82) is 0 Å². The molecule has 2 aromatic carbocycles. The molecule has 0 aliphatic rings. The maximum absolute atomic E-state index is 12.4. The average molecular weight is 329 g/mol. The number of carbonyl (C=O) groups excluding carboxylic acids is 2. The summed E-state index contributed by atoms with van der Waals surface area (Å²) in [5, 5.41) is 3.68. The van der Waals surface area contributed by atoms with Crippen LogP contribution in [0.15, 0.2) is 48.7 Å². The number of H-pyrrole nitrogens is 1. The van der Waals surface area contributed by atoms with Gasteiger partial charge in [0.25, 0.3) is 11.7 Å². The van der Waals surface area contributed by atoms with E-state index < -0.39 is 11.7 Å². The number of carbonyl (C=O) groups is 2. The van der Waals surface area contributed by atoms with Crippen molar-refractivity contribution in [2.24, 2.45) is 0 Å². The van der Waals surface area contributed by atoms with Gasteiger partial charge in [-0.3, -0.25) is 9.59 Å². The van der Waals surface area contributed by atoms with E-state index in [-0.39, 0.29) is 5.56 Å². The molecule has 3 aromatic rings. The molecule has 0 atom stereocenters. The van der Waals surface area contributed by atoms with Crippen molar-refractivity contribution in [3.8, 4) is 5.75 Å². The Bertz CT molecular complexity index is 902. The Labute approximate surface area is 137 Å². The molecule has 0 spiro atoms. The van der Waals surface area contributed by atoms with Gasteiger partial charge in [0.15, 0.2) is 0 Å². The van der Waals surface area contributed by atoms with Crippen LogP contribution in [0.2, 0.25) is 5.02 Å². The molecule has 23 heavy (non-hydrogen) atoms. The van der Waals surface area contributed by atoms with Gasteiger partial charge in [-0.05, 0) is 30.3 Å². The van der Waals surface area contributed by atoms with Gasteiger partial charge >= 0.3 is 0 Å². The van der Waals surface area contributed by atoms with Gasteiger partial charge in [-0.2, -0.15) is 0 Å². The lowest BCUT2D eigenvalue weighted by atomic mass is 10.1. The summed E-state index contributed by atoms with van der Waals surface area (Å²) in [6.07, 6.45) is 1.51. The van der Waals surface area contributed by atoms with Gasteiger partial charge in [0, 0.05) is 33.9 Å². The van der Waals surface area contributed by atoms with Gasteiger partial charge in [-0.25, -0.2) is 0 Å². The number of hydrogen-bond donors (Lipinski definition) is 2. The smallest absolute Gasteiger partial charge is 0.296 e. The molecule has 1 amide bonds. The summed E-state index contributed by atoms with van der Waals surface area (Å²) < 4.78 is 5.08. The molecule has 5 nitrogen and oxygen atoms in total. The number of ether oxygens (including phenoxy) is 1. The second-order valence-electron chi connectivity index (χ2n) is 4.91. The van der Waals surface area contributed by atoms with Crippen LogP contribution in [0.1, 0.15) is 10.4 Å². The molecule has 0 saturated heterocycles. The quantitative estimate of drug-likeness (QED) is 0.567. The van der Waals surface area contributed by atoms with E-state index in [1.807, 2.05) is 0 Å². The fourth-order valence-electron chi connectivity index (χ4n) is 2.29. The monoisotopic (exact) mass is 328 g/mol. The molecule has 1 heterocycles. The molecule has 0 bridgehead atoms. The van der Waals surface area contributed by atoms with Crippen molar-refractivity contribution >= 4 is 39.9 Å². The lowest BCUT2D eigenvalue weighted by Crippen LogP contribution is -2.22. The van der Waals surface area contributed by atoms with Crippen molar-refractivity contribution in [2.75, 3.05) is 12.4 Å². The van der Waals surface area contributed by atoms with Gasteiger partial charge in [0.2, 0.25) is 0 Å². The zero-order valence-electron chi connectivity index (χ0n) is 12.2. The predicted molar refractivity (Wildman–Crippen MR) is 89.3 cm³/mol. The Morgan fingerprint density at radius 1 is 1.17 bits per heavy atom. The molecule has 116 valence electrons. The van der Waals surface area contributed by atoms with Gasteiger partial charge in [0.1, 0.15) is 5.75 Å². The highest BCUT2D eigenvalue weighted by Gasteiger charge is 2.20. The van der Waals surface area contributed by atoms with Crippen LogP contribution >= 0.6 is 11.6 Å². The topological polar surface area (TPSA) is 71.2 Å². The minimum atomic E-state index is -0.723. The number of methoxy groups -OCH3 is 1. The van der Waals surface area contributed by atoms with E-state index in [0.29, 0.717) is 21.8 Å². The first kappa shape index (κ1) is 15.1. The molecule has 0 radical (unpaired) electrons. The molecule has 0 aliphatic heterocycles. The van der Waals surface area contributed by atoms with Crippen molar-refractivity contribution in [1.82, 2.24) is 4.98 Å². The zero-order valence-corrected chi connectivity index (χ0v) is 13.0. The molecule has 3 rings (SSSR count). The molecular formula is C17H13ClN2O3. The predicted octanol–water partition coefficient (Wildman–Crippen LogP) is 3.65. The van der Waals surface area contributed by atoms with Crippen LogP contribution in [0.25, 0.3) is 10.9 Å². The van der Waals surface area contributed by atoms with Gasteiger partial charge in [0.05, 0.1) is 12.7 Å². The van der Waals surface area contributed by atoms with Crippen LogP contribution in [0, 0.1) is 0 Å². The fraction of sp³-hybridized carbons (Fsp3) is 0.0588. The van der Waals surface area contributed by atoms with E-state index in [1.54, 1.807) is 42.5 Å². The van der Waals surface area contributed by atoms with Crippen LogP contribution in [0.5, 0.6) is 5.75 Å². The number of anilines is 1. The summed E-state index contributed by atoms with van der Waals surface area (Å²) in [7, 11) is 1.53. The van der Waals surface area contributed by atoms with Crippen LogP contribution in [0.4, 0.5) is 5.69 Å². The lowest BCUT2D eigenvalue weighted by molar-refractivity contribution is -0.112. The number of aromatic nitrogens is 1. The normalized spacial score (nSPS) is 10.5. The van der Waals surface area contributed by atoms with E-state index in [9.17, 15) is 9.59 Å². The fourth-order valence-corrected chi connectivity index (χ4v) is 2.46. The third kappa shape index (κ3) is 3.05. The Balaban J connectivity index is 1.86. The molecule has 1 aromatic heterocycles. The molecule has 0 aliphatic carbocycles. The van der Waals surface area contributed by atoms with Crippen molar-refractivity contribution in [2.45, 2.75) is 0 Å². The van der Waals surface area contributed by atoms with Crippen molar-refractivity contribution in [3.05, 3.63) is 59.2 Å². The summed E-state index contributed by atoms with van der Waals surface area (Å²) >= 11 is 5.96. The Morgan fingerprint density at radius 3 is 2.78 bits per heavy atom. The van der Waals surface area contributed by atoms with Crippen molar-refractivity contribution in [3.63, 3.8) is 0 Å². The number of amides is 1. The number of benzene rings is 2. The van der Waals surface area contributed by atoms with Gasteiger partial charge in [-0.15, -0.1) is 0 Å². The van der Waals surface area contributed by atoms with Gasteiger partial charge < -0.3 is 15.0 Å². The Morgan fingerprint density at radius 2 is 2.00 bits per heavy atom. The minimum absolute atomic E-state index is 0.280. The summed E-state index contributed by atoms with van der Waals surface area (Å²) in [6, 6.07) is 11.9. The Hall–Kier alpha value is -2.79. The number of rotatable bonds is 4. The summed E-state index contributed by atoms with van der Waals surface area (Å²) in [5.74, 6) is -0.769. The highest BCUT2D eigenvalue weighted by Crippen LogP contribution is 2.23. The number of nitrogens with one attached hydrogen (secondary N) is 2. The second-order valence-corrected chi connectivity index (χ2v) is 5.34. The zero-order chi connectivity index (χ0) is 16.4. The molecule has 2 N–H and O–H groups in total. The minimum Gasteiger partial charge on any atom is -0.497 e. The van der Waals surface area contributed by atoms with Crippen LogP contribution in [0.3, 0.4) is 0 Å². The third-order valence-electron chi connectivity index (χ3n) is 3.42. The molecule has 0 unspecified atom stereocenters. The van der Waals surface area contributed by atoms with E-state index in [4.69, 9.17) is 16.3 Å². The van der Waals surface area contributed by atoms with E-state index in [2.05, 4.69) is 10.3 Å². The maximum Gasteiger partial charge on any atom is 0.296 e. The standard InChI is InChI=1S/C17H13ClN2O3/c1-23-12-4-2-3-11(8-12)20-17(22)16(21)14-9-19-15-6-5-10(18)7-13(14)15/h2-9,19H,1H3,(H,20,22). The lowest BCUT2D eigenvalue weighted by Gasteiger charge is -2.06. The number of fused-ring (bicyclic) bond motifs is 1. The number of halogens is 1. The van der Waals surface area contributed by atoms with Crippen molar-refractivity contribution < 1.29 is 14.3 Å². The molecule has 0 saturated carbocycles. The maximum atomic E-state index is 12.4. The highest BCUT2D eigenvalue weighted by molar-refractivity contribution is 6.48. The summed E-state index contributed by atoms with van der Waals surface area (Å²) in [5.41, 5.74) is 1.51. The molecule has 0 fully saturated rings. The van der Waals surface area contributed by atoms with Crippen LogP contribution in [-0.4, -0.2) is 23.8 Å². The van der Waals surface area contributed by atoms with E-state index >= 15 is 0 Å². The molecular weight excluding hydrogens is 316 g/mol. The average Bonchev–Trinajstić information content (AvgIpc) is 2.97. The summed E-state index contributed by atoms with van der Waals surface area (Å²) in [4.78, 5) is 27.5. The first-order valence-corrected chi connectivity index (χ1v) is 7.22. The first-order chi connectivity index (χ1) is 11.1. The number of hydrogen-bond acceptors (Lipinski definition) is 3. The molecule has 6 heteroatoms. The SMILES string of the molecule is COc1cccc(NC(=O)C(=O)c2c[nH]c3ccc(Cl)cc23)c1. The highest BCUT2D eigenvalue weighted by atomic mass is 35.5. The van der Waals surface area contributed by atoms with E-state index in [1.165, 1.54) is 13.3 Å². The Kier molecular flexibility index (Phi) is 4.04. The number of Topliss-reactive ketones (excluding diaryl/α,β-unsaturated/α-hetero) is 1. The number of aromatic amines is 1. The van der Waals surface area contributed by atoms with Crippen LogP contribution < -0.4 is 10.1 Å². The second kappa shape index (κ2) is 6.14.